The summed E-state index contributed by atoms with van der Waals surface area (Å²) in [5.74, 6) is -2.58. The molecule has 1 aromatic carbocycles. The SMILES string of the molecule is CC(C)CC(N)C(=O)NC(C)C(=O)NC(Cc1ccccc1)C(=O)NC(CCCCN)C(=O)O. The van der Waals surface area contributed by atoms with E-state index >= 15 is 0 Å². The second-order valence-electron chi connectivity index (χ2n) is 8.90. The van der Waals surface area contributed by atoms with E-state index in [1.54, 1.807) is 24.3 Å². The molecule has 10 heteroatoms. The fourth-order valence-electron chi connectivity index (χ4n) is 3.38. The molecule has 1 aromatic rings. The number of nitrogens with one attached hydrogen (secondary N) is 3. The summed E-state index contributed by atoms with van der Waals surface area (Å²) in [4.78, 5) is 49.7. The maximum atomic E-state index is 13.0. The zero-order chi connectivity index (χ0) is 25.7. The molecule has 34 heavy (non-hydrogen) atoms. The van der Waals surface area contributed by atoms with Gasteiger partial charge in [0.2, 0.25) is 17.7 Å². The minimum Gasteiger partial charge on any atom is -0.480 e. The molecule has 1 rings (SSSR count). The normalized spacial score (nSPS) is 14.5. The number of benzene rings is 1. The van der Waals surface area contributed by atoms with Crippen LogP contribution in [0.5, 0.6) is 0 Å². The first-order valence-electron chi connectivity index (χ1n) is 11.7. The van der Waals surface area contributed by atoms with Crippen LogP contribution >= 0.6 is 0 Å². The molecule has 0 aromatic heterocycles. The van der Waals surface area contributed by atoms with Gasteiger partial charge in [-0.25, -0.2) is 4.79 Å². The van der Waals surface area contributed by atoms with Gasteiger partial charge in [-0.15, -0.1) is 0 Å². The molecule has 190 valence electrons. The molecule has 0 bridgehead atoms. The molecule has 0 aliphatic rings. The molecule has 3 amide bonds. The number of amides is 3. The van der Waals surface area contributed by atoms with Crippen molar-refractivity contribution in [3.63, 3.8) is 0 Å². The number of hydrogen-bond acceptors (Lipinski definition) is 6. The van der Waals surface area contributed by atoms with E-state index in [-0.39, 0.29) is 18.8 Å². The Morgan fingerprint density at radius 3 is 2.06 bits per heavy atom. The Bertz CT molecular complexity index is 802. The van der Waals surface area contributed by atoms with Crippen molar-refractivity contribution in [3.05, 3.63) is 35.9 Å². The number of hydrogen-bond donors (Lipinski definition) is 6. The number of carbonyl (C=O) groups excluding carboxylic acids is 3. The monoisotopic (exact) mass is 477 g/mol. The fraction of sp³-hybridized carbons (Fsp3) is 0.583. The second-order valence-corrected chi connectivity index (χ2v) is 8.90. The van der Waals surface area contributed by atoms with Gasteiger partial charge in [-0.05, 0) is 50.6 Å². The molecule has 0 radical (unpaired) electrons. The van der Waals surface area contributed by atoms with Crippen LogP contribution in [0.1, 0.15) is 52.0 Å². The summed E-state index contributed by atoms with van der Waals surface area (Å²) in [6.07, 6.45) is 2.04. The van der Waals surface area contributed by atoms with E-state index in [2.05, 4.69) is 16.0 Å². The van der Waals surface area contributed by atoms with Crippen molar-refractivity contribution in [2.45, 2.75) is 77.0 Å². The topological polar surface area (TPSA) is 177 Å². The molecule has 0 saturated heterocycles. The summed E-state index contributed by atoms with van der Waals surface area (Å²) in [6, 6.07) is 5.23. The summed E-state index contributed by atoms with van der Waals surface area (Å²) in [7, 11) is 0. The molecule has 10 nitrogen and oxygen atoms in total. The summed E-state index contributed by atoms with van der Waals surface area (Å²) < 4.78 is 0. The molecule has 0 spiro atoms. The molecular weight excluding hydrogens is 438 g/mol. The van der Waals surface area contributed by atoms with E-state index in [4.69, 9.17) is 11.5 Å². The van der Waals surface area contributed by atoms with Crippen LogP contribution in [0.25, 0.3) is 0 Å². The van der Waals surface area contributed by atoms with Crippen molar-refractivity contribution in [1.29, 1.82) is 0 Å². The highest BCUT2D eigenvalue weighted by atomic mass is 16.4. The number of carboxylic acids is 1. The Hall–Kier alpha value is -2.98. The Balaban J connectivity index is 2.90. The number of unbranched alkanes of at least 4 members (excludes halogenated alkanes) is 1. The van der Waals surface area contributed by atoms with Crippen LogP contribution in [0.2, 0.25) is 0 Å². The molecule has 8 N–H and O–H groups in total. The van der Waals surface area contributed by atoms with Gasteiger partial charge in [-0.2, -0.15) is 0 Å². The number of nitrogens with two attached hydrogens (primary N) is 2. The average Bonchev–Trinajstić information content (AvgIpc) is 2.77. The molecule has 0 aliphatic heterocycles. The van der Waals surface area contributed by atoms with Crippen LogP contribution in [0.15, 0.2) is 30.3 Å². The smallest absolute Gasteiger partial charge is 0.326 e. The lowest BCUT2D eigenvalue weighted by Gasteiger charge is -2.24. The van der Waals surface area contributed by atoms with Crippen LogP contribution < -0.4 is 27.4 Å². The Kier molecular flexibility index (Phi) is 12.8. The van der Waals surface area contributed by atoms with Gasteiger partial charge < -0.3 is 32.5 Å². The zero-order valence-electron chi connectivity index (χ0n) is 20.3. The quantitative estimate of drug-likeness (QED) is 0.197. The summed E-state index contributed by atoms with van der Waals surface area (Å²) in [6.45, 7) is 5.81. The van der Waals surface area contributed by atoms with Gasteiger partial charge >= 0.3 is 5.97 Å². The predicted molar refractivity (Wildman–Crippen MR) is 130 cm³/mol. The first-order chi connectivity index (χ1) is 16.0. The molecule has 0 saturated carbocycles. The van der Waals surface area contributed by atoms with Gasteiger partial charge in [-0.1, -0.05) is 44.2 Å². The number of aliphatic carboxylic acids is 1. The van der Waals surface area contributed by atoms with E-state index < -0.39 is 47.9 Å². The molecule has 4 atom stereocenters. The highest BCUT2D eigenvalue weighted by molar-refractivity contribution is 5.94. The van der Waals surface area contributed by atoms with E-state index in [9.17, 15) is 24.3 Å². The lowest BCUT2D eigenvalue weighted by atomic mass is 10.0. The van der Waals surface area contributed by atoms with Gasteiger partial charge in [0.1, 0.15) is 18.1 Å². The number of carbonyl (C=O) groups is 4. The van der Waals surface area contributed by atoms with E-state index in [0.29, 0.717) is 25.8 Å². The van der Waals surface area contributed by atoms with Crippen molar-refractivity contribution >= 4 is 23.7 Å². The van der Waals surface area contributed by atoms with Gasteiger partial charge in [0.05, 0.1) is 6.04 Å². The van der Waals surface area contributed by atoms with E-state index in [0.717, 1.165) is 5.56 Å². The zero-order valence-corrected chi connectivity index (χ0v) is 20.3. The molecule has 0 aliphatic carbocycles. The molecule has 0 heterocycles. The summed E-state index contributed by atoms with van der Waals surface area (Å²) in [5, 5.41) is 17.2. The second kappa shape index (κ2) is 15.0. The highest BCUT2D eigenvalue weighted by Gasteiger charge is 2.29. The standard InChI is InChI=1S/C24H39N5O5/c1-15(2)13-18(26)22(31)27-16(3)21(30)29-20(14-17-9-5-4-6-10-17)23(32)28-19(24(33)34)11-7-8-12-25/h4-6,9-10,15-16,18-20H,7-8,11-14,25-26H2,1-3H3,(H,27,31)(H,28,32)(H,29,30)(H,33,34). The third kappa shape index (κ3) is 10.8. The maximum Gasteiger partial charge on any atom is 0.326 e. The highest BCUT2D eigenvalue weighted by Crippen LogP contribution is 2.07. The summed E-state index contributed by atoms with van der Waals surface area (Å²) >= 11 is 0. The van der Waals surface area contributed by atoms with Gasteiger partial charge in [0.15, 0.2) is 0 Å². The van der Waals surface area contributed by atoms with Gasteiger partial charge in [0, 0.05) is 6.42 Å². The third-order valence-electron chi connectivity index (χ3n) is 5.29. The first kappa shape index (κ1) is 29.1. The number of carboxylic acid groups (broad SMARTS) is 1. The van der Waals surface area contributed by atoms with Crippen molar-refractivity contribution in [2.24, 2.45) is 17.4 Å². The van der Waals surface area contributed by atoms with E-state index in [1.807, 2.05) is 19.9 Å². The first-order valence-corrected chi connectivity index (χ1v) is 11.7. The van der Waals surface area contributed by atoms with Crippen molar-refractivity contribution in [1.82, 2.24) is 16.0 Å². The minimum atomic E-state index is -1.16. The minimum absolute atomic E-state index is 0.154. The van der Waals surface area contributed by atoms with Crippen LogP contribution in [0, 0.1) is 5.92 Å². The molecule has 0 fully saturated rings. The Morgan fingerprint density at radius 1 is 0.882 bits per heavy atom. The largest absolute Gasteiger partial charge is 0.480 e. The lowest BCUT2D eigenvalue weighted by Crippen LogP contribution is -2.57. The van der Waals surface area contributed by atoms with Crippen molar-refractivity contribution in [3.8, 4) is 0 Å². The fourth-order valence-corrected chi connectivity index (χ4v) is 3.38. The average molecular weight is 478 g/mol. The number of rotatable bonds is 15. The predicted octanol–water partition coefficient (Wildman–Crippen LogP) is 0.290. The van der Waals surface area contributed by atoms with Crippen LogP contribution in [0.3, 0.4) is 0 Å². The summed E-state index contributed by atoms with van der Waals surface area (Å²) in [5.41, 5.74) is 12.1. The Labute approximate surface area is 201 Å². The van der Waals surface area contributed by atoms with Crippen LogP contribution in [-0.4, -0.2) is 59.5 Å². The Morgan fingerprint density at radius 2 is 1.50 bits per heavy atom. The van der Waals surface area contributed by atoms with Crippen LogP contribution in [-0.2, 0) is 25.6 Å². The van der Waals surface area contributed by atoms with E-state index in [1.165, 1.54) is 6.92 Å². The van der Waals surface area contributed by atoms with Gasteiger partial charge in [-0.3, -0.25) is 14.4 Å². The maximum absolute atomic E-state index is 13.0. The molecule has 4 unspecified atom stereocenters. The van der Waals surface area contributed by atoms with Crippen LogP contribution in [0.4, 0.5) is 0 Å². The van der Waals surface area contributed by atoms with Gasteiger partial charge in [0.25, 0.3) is 0 Å². The molecular formula is C24H39N5O5. The third-order valence-corrected chi connectivity index (χ3v) is 5.29. The van der Waals surface area contributed by atoms with Crippen molar-refractivity contribution < 1.29 is 24.3 Å². The van der Waals surface area contributed by atoms with Crippen molar-refractivity contribution in [2.75, 3.05) is 6.54 Å². The lowest BCUT2D eigenvalue weighted by molar-refractivity contribution is -0.142.